The van der Waals surface area contributed by atoms with Crippen molar-refractivity contribution in [3.63, 3.8) is 0 Å². The topological polar surface area (TPSA) is 76.7 Å². The lowest BCUT2D eigenvalue weighted by atomic mass is 10.1. The summed E-state index contributed by atoms with van der Waals surface area (Å²) in [6.45, 7) is 0. The summed E-state index contributed by atoms with van der Waals surface area (Å²) < 4.78 is 11.4. The standard InChI is InChI=1S/C22H18N2O4/c25-21(14-20-22(26)24-18-8-4-5-9-19(18)28-20)23-15-10-12-17(13-11-15)27-16-6-2-1-3-7-16/h1-13,20H,14H2,(H,23,25)(H,24,26)/t20-/m1/s1. The van der Waals surface area contributed by atoms with E-state index in [4.69, 9.17) is 9.47 Å². The number of amides is 2. The van der Waals surface area contributed by atoms with Gasteiger partial charge >= 0.3 is 0 Å². The largest absolute Gasteiger partial charge is 0.478 e. The van der Waals surface area contributed by atoms with Crippen LogP contribution in [0, 0.1) is 0 Å². The zero-order valence-corrected chi connectivity index (χ0v) is 14.9. The molecular formula is C22H18N2O4. The first-order valence-electron chi connectivity index (χ1n) is 8.87. The second kappa shape index (κ2) is 7.84. The van der Waals surface area contributed by atoms with E-state index < -0.39 is 6.10 Å². The SMILES string of the molecule is O=C(C[C@H]1Oc2ccccc2NC1=O)Nc1ccc(Oc2ccccc2)cc1. The molecule has 4 rings (SSSR count). The highest BCUT2D eigenvalue weighted by atomic mass is 16.5. The number of para-hydroxylation sites is 3. The van der Waals surface area contributed by atoms with Gasteiger partial charge in [-0.15, -0.1) is 0 Å². The third kappa shape index (κ3) is 4.12. The number of ether oxygens (including phenoxy) is 2. The van der Waals surface area contributed by atoms with Crippen LogP contribution in [0.15, 0.2) is 78.9 Å². The molecule has 1 atom stereocenters. The van der Waals surface area contributed by atoms with E-state index >= 15 is 0 Å². The number of benzene rings is 3. The number of carbonyl (C=O) groups excluding carboxylic acids is 2. The quantitative estimate of drug-likeness (QED) is 0.701. The number of nitrogens with one attached hydrogen (secondary N) is 2. The molecule has 0 radical (unpaired) electrons. The fourth-order valence-electron chi connectivity index (χ4n) is 2.84. The van der Waals surface area contributed by atoms with Crippen molar-refractivity contribution < 1.29 is 19.1 Å². The van der Waals surface area contributed by atoms with Gasteiger partial charge in [-0.1, -0.05) is 30.3 Å². The summed E-state index contributed by atoms with van der Waals surface area (Å²) in [5.41, 5.74) is 1.22. The van der Waals surface area contributed by atoms with Crippen molar-refractivity contribution in [2.24, 2.45) is 0 Å². The molecule has 0 spiro atoms. The van der Waals surface area contributed by atoms with E-state index in [0.29, 0.717) is 22.9 Å². The molecular weight excluding hydrogens is 356 g/mol. The smallest absolute Gasteiger partial charge is 0.266 e. The Morgan fingerprint density at radius 2 is 1.61 bits per heavy atom. The molecule has 0 saturated carbocycles. The fourth-order valence-corrected chi connectivity index (χ4v) is 2.84. The van der Waals surface area contributed by atoms with E-state index in [1.54, 1.807) is 42.5 Å². The van der Waals surface area contributed by atoms with Gasteiger partial charge < -0.3 is 20.1 Å². The Hall–Kier alpha value is -3.80. The van der Waals surface area contributed by atoms with Gasteiger partial charge in [0.25, 0.3) is 5.91 Å². The summed E-state index contributed by atoms with van der Waals surface area (Å²) in [5.74, 6) is 1.31. The molecule has 3 aromatic rings. The Morgan fingerprint density at radius 3 is 2.39 bits per heavy atom. The predicted octanol–water partition coefficient (Wildman–Crippen LogP) is 4.21. The van der Waals surface area contributed by atoms with Gasteiger partial charge in [-0.2, -0.15) is 0 Å². The molecule has 6 nitrogen and oxygen atoms in total. The molecule has 6 heteroatoms. The van der Waals surface area contributed by atoms with E-state index in [0.717, 1.165) is 5.75 Å². The number of rotatable bonds is 5. The van der Waals surface area contributed by atoms with E-state index in [1.165, 1.54) is 0 Å². The highest BCUT2D eigenvalue weighted by Gasteiger charge is 2.29. The number of hydrogen-bond donors (Lipinski definition) is 2. The van der Waals surface area contributed by atoms with Crippen molar-refractivity contribution in [1.82, 2.24) is 0 Å². The molecule has 2 N–H and O–H groups in total. The van der Waals surface area contributed by atoms with E-state index in [-0.39, 0.29) is 18.2 Å². The van der Waals surface area contributed by atoms with Gasteiger partial charge in [0, 0.05) is 5.69 Å². The van der Waals surface area contributed by atoms with Crippen LogP contribution in [0.1, 0.15) is 6.42 Å². The van der Waals surface area contributed by atoms with Gasteiger partial charge in [-0.25, -0.2) is 0 Å². The first-order valence-corrected chi connectivity index (χ1v) is 8.87. The van der Waals surface area contributed by atoms with Gasteiger partial charge in [0.2, 0.25) is 5.91 Å². The van der Waals surface area contributed by atoms with Crippen molar-refractivity contribution in [3.8, 4) is 17.2 Å². The third-order valence-electron chi connectivity index (χ3n) is 4.19. The summed E-state index contributed by atoms with van der Waals surface area (Å²) in [6.07, 6.45) is -0.946. The van der Waals surface area contributed by atoms with E-state index in [1.807, 2.05) is 36.4 Å². The van der Waals surface area contributed by atoms with Crippen LogP contribution >= 0.6 is 0 Å². The molecule has 3 aromatic carbocycles. The lowest BCUT2D eigenvalue weighted by molar-refractivity contribution is -0.128. The molecule has 1 aliphatic rings. The van der Waals surface area contributed by atoms with Crippen LogP contribution in [0.25, 0.3) is 0 Å². The zero-order chi connectivity index (χ0) is 19.3. The highest BCUT2D eigenvalue weighted by Crippen LogP contribution is 2.29. The minimum Gasteiger partial charge on any atom is -0.478 e. The second-order valence-electron chi connectivity index (χ2n) is 6.28. The van der Waals surface area contributed by atoms with Crippen LogP contribution in [0.5, 0.6) is 17.2 Å². The Morgan fingerprint density at radius 1 is 0.929 bits per heavy atom. The number of hydrogen-bond acceptors (Lipinski definition) is 4. The van der Waals surface area contributed by atoms with Crippen molar-refractivity contribution in [2.75, 3.05) is 10.6 Å². The van der Waals surface area contributed by atoms with Gasteiger partial charge in [-0.3, -0.25) is 9.59 Å². The Kier molecular flexibility index (Phi) is 4.93. The van der Waals surface area contributed by atoms with E-state index in [2.05, 4.69) is 10.6 Å². The van der Waals surface area contributed by atoms with Crippen LogP contribution in [-0.2, 0) is 9.59 Å². The summed E-state index contributed by atoms with van der Waals surface area (Å²) in [6, 6.07) is 23.6. The molecule has 0 unspecified atom stereocenters. The van der Waals surface area contributed by atoms with Crippen molar-refractivity contribution >= 4 is 23.2 Å². The molecule has 0 bridgehead atoms. The molecule has 1 heterocycles. The minimum atomic E-state index is -0.865. The first-order chi connectivity index (χ1) is 13.7. The van der Waals surface area contributed by atoms with Gasteiger partial charge in [-0.05, 0) is 48.5 Å². The second-order valence-corrected chi connectivity index (χ2v) is 6.28. The van der Waals surface area contributed by atoms with Crippen LogP contribution in [0.3, 0.4) is 0 Å². The normalized spacial score (nSPS) is 15.0. The number of anilines is 2. The monoisotopic (exact) mass is 374 g/mol. The van der Waals surface area contributed by atoms with Crippen LogP contribution in [0.2, 0.25) is 0 Å². The Bertz CT molecular complexity index is 987. The molecule has 1 aliphatic heterocycles. The molecule has 0 saturated heterocycles. The summed E-state index contributed by atoms with van der Waals surface area (Å²) in [7, 11) is 0. The molecule has 2 amide bonds. The highest BCUT2D eigenvalue weighted by molar-refractivity contribution is 6.01. The summed E-state index contributed by atoms with van der Waals surface area (Å²) >= 11 is 0. The lowest BCUT2D eigenvalue weighted by Crippen LogP contribution is -2.39. The minimum absolute atomic E-state index is 0.0809. The van der Waals surface area contributed by atoms with Crippen LogP contribution in [-0.4, -0.2) is 17.9 Å². The summed E-state index contributed by atoms with van der Waals surface area (Å²) in [5, 5.41) is 5.52. The fraction of sp³-hybridized carbons (Fsp3) is 0.0909. The Balaban J connectivity index is 1.34. The van der Waals surface area contributed by atoms with Crippen molar-refractivity contribution in [3.05, 3.63) is 78.9 Å². The van der Waals surface area contributed by atoms with Gasteiger partial charge in [0.1, 0.15) is 17.2 Å². The number of carbonyl (C=O) groups is 2. The van der Waals surface area contributed by atoms with Crippen LogP contribution in [0.4, 0.5) is 11.4 Å². The number of fused-ring (bicyclic) bond motifs is 1. The van der Waals surface area contributed by atoms with Crippen molar-refractivity contribution in [1.29, 1.82) is 0 Å². The average Bonchev–Trinajstić information content (AvgIpc) is 2.71. The van der Waals surface area contributed by atoms with E-state index in [9.17, 15) is 9.59 Å². The van der Waals surface area contributed by atoms with Gasteiger partial charge in [0.15, 0.2) is 6.10 Å². The average molecular weight is 374 g/mol. The maximum atomic E-state index is 12.3. The Labute approximate surface area is 162 Å². The first kappa shape index (κ1) is 17.6. The molecule has 0 fully saturated rings. The van der Waals surface area contributed by atoms with Crippen LogP contribution < -0.4 is 20.1 Å². The summed E-state index contributed by atoms with van der Waals surface area (Å²) in [4.78, 5) is 24.4. The molecule has 28 heavy (non-hydrogen) atoms. The van der Waals surface area contributed by atoms with Gasteiger partial charge in [0.05, 0.1) is 12.1 Å². The maximum Gasteiger partial charge on any atom is 0.266 e. The zero-order valence-electron chi connectivity index (χ0n) is 14.9. The van der Waals surface area contributed by atoms with Crippen molar-refractivity contribution in [2.45, 2.75) is 12.5 Å². The molecule has 140 valence electrons. The molecule has 0 aliphatic carbocycles. The predicted molar refractivity (Wildman–Crippen MR) is 106 cm³/mol. The third-order valence-corrected chi connectivity index (χ3v) is 4.19. The lowest BCUT2D eigenvalue weighted by Gasteiger charge is -2.25. The maximum absolute atomic E-state index is 12.3. The molecule has 0 aromatic heterocycles.